The number of carbonyl (C=O) groups is 3. The first kappa shape index (κ1) is 25.1. The smallest absolute Gasteiger partial charge is 0.308 e. The maximum Gasteiger partial charge on any atom is 0.308 e. The SMILES string of the molecule is O=C(Cn1c2c(sc1=O)[C@@H](c1cccs1)[C@@H]1C(=O)N(c3ccc(Br)cc3)C(=O)[C@@H]1S2)Nc1ccc(O)cc1. The number of nitrogens with one attached hydrogen (secondary N) is 1. The van der Waals surface area contributed by atoms with Crippen LogP contribution in [0.2, 0.25) is 0 Å². The van der Waals surface area contributed by atoms with Crippen molar-refractivity contribution in [3.63, 3.8) is 0 Å². The number of hydrogen-bond donors (Lipinski definition) is 2. The van der Waals surface area contributed by atoms with E-state index in [0.717, 1.165) is 20.7 Å². The van der Waals surface area contributed by atoms with Gasteiger partial charge in [-0.05, 0) is 60.0 Å². The molecule has 2 aromatic carbocycles. The fourth-order valence-electron chi connectivity index (χ4n) is 4.76. The summed E-state index contributed by atoms with van der Waals surface area (Å²) in [6.45, 7) is -0.244. The number of amides is 3. The Morgan fingerprint density at radius 3 is 2.42 bits per heavy atom. The van der Waals surface area contributed by atoms with Crippen LogP contribution in [0.15, 0.2) is 80.3 Å². The molecule has 12 heteroatoms. The molecule has 38 heavy (non-hydrogen) atoms. The number of carbonyl (C=O) groups excluding carboxylic acids is 3. The number of nitrogens with zero attached hydrogens (tertiary/aromatic N) is 2. The first-order valence-electron chi connectivity index (χ1n) is 11.5. The van der Waals surface area contributed by atoms with Crippen molar-refractivity contribution in [1.29, 1.82) is 0 Å². The third kappa shape index (κ3) is 4.31. The molecule has 192 valence electrons. The van der Waals surface area contributed by atoms with Crippen LogP contribution in [-0.4, -0.2) is 32.6 Å². The molecule has 0 aliphatic carbocycles. The van der Waals surface area contributed by atoms with Crippen molar-refractivity contribution in [3.05, 3.63) is 89.9 Å². The summed E-state index contributed by atoms with van der Waals surface area (Å²) in [7, 11) is 0. The molecule has 0 unspecified atom stereocenters. The molecule has 4 aromatic rings. The third-order valence-corrected chi connectivity index (χ3v) is 10.5. The standard InChI is InChI=1S/C26H18BrN3O5S3/c27-13-3-7-15(8-4-13)30-23(33)20-19(17-2-1-11-36-17)22-25(37-21(20)24(30)34)29(26(35)38-22)12-18(32)28-14-5-9-16(31)10-6-14/h1-11,19-21,31H,12H2,(H,28,32)/t19-,20-,21+/m0/s1. The summed E-state index contributed by atoms with van der Waals surface area (Å²) in [6, 6.07) is 16.8. The van der Waals surface area contributed by atoms with E-state index in [-0.39, 0.29) is 29.0 Å². The average molecular weight is 629 g/mol. The number of phenols is 1. The van der Waals surface area contributed by atoms with E-state index in [0.29, 0.717) is 21.3 Å². The van der Waals surface area contributed by atoms with Gasteiger partial charge in [0, 0.05) is 25.8 Å². The van der Waals surface area contributed by atoms with Crippen molar-refractivity contribution >= 4 is 79.5 Å². The fraction of sp³-hybridized carbons (Fsp3) is 0.154. The number of hydrogen-bond acceptors (Lipinski definition) is 8. The van der Waals surface area contributed by atoms with E-state index in [2.05, 4.69) is 21.2 Å². The Bertz CT molecular complexity index is 1610. The molecule has 8 nitrogen and oxygen atoms in total. The molecule has 3 amide bonds. The Morgan fingerprint density at radius 1 is 1.00 bits per heavy atom. The van der Waals surface area contributed by atoms with Crippen LogP contribution in [-0.2, 0) is 20.9 Å². The molecule has 0 radical (unpaired) electrons. The summed E-state index contributed by atoms with van der Waals surface area (Å²) in [5.41, 5.74) is 0.980. The van der Waals surface area contributed by atoms with Crippen molar-refractivity contribution in [2.24, 2.45) is 5.92 Å². The molecule has 2 aliphatic heterocycles. The molecule has 0 saturated carbocycles. The Morgan fingerprint density at radius 2 is 1.74 bits per heavy atom. The van der Waals surface area contributed by atoms with Crippen LogP contribution >= 0.6 is 50.4 Å². The molecule has 6 rings (SSSR count). The van der Waals surface area contributed by atoms with Crippen molar-refractivity contribution in [2.75, 3.05) is 10.2 Å². The maximum absolute atomic E-state index is 13.8. The highest BCUT2D eigenvalue weighted by atomic mass is 79.9. The predicted molar refractivity (Wildman–Crippen MR) is 151 cm³/mol. The highest BCUT2D eigenvalue weighted by Gasteiger charge is 2.57. The molecule has 0 bridgehead atoms. The molecule has 4 heterocycles. The Balaban J connectivity index is 1.38. The number of aromatic nitrogens is 1. The molecular formula is C26H18BrN3O5S3. The molecule has 2 N–H and O–H groups in total. The van der Waals surface area contributed by atoms with Crippen molar-refractivity contribution in [1.82, 2.24) is 4.57 Å². The number of rotatable bonds is 5. The summed E-state index contributed by atoms with van der Waals surface area (Å²) in [6.07, 6.45) is 0. The monoisotopic (exact) mass is 627 g/mol. The Labute approximate surface area is 237 Å². The lowest BCUT2D eigenvalue weighted by Gasteiger charge is -2.29. The van der Waals surface area contributed by atoms with E-state index < -0.39 is 23.0 Å². The fourth-order valence-corrected chi connectivity index (χ4v) is 8.75. The topological polar surface area (TPSA) is 109 Å². The summed E-state index contributed by atoms with van der Waals surface area (Å²) < 4.78 is 2.22. The maximum atomic E-state index is 13.8. The van der Waals surface area contributed by atoms with E-state index in [1.807, 2.05) is 17.5 Å². The lowest BCUT2D eigenvalue weighted by atomic mass is 9.87. The van der Waals surface area contributed by atoms with Crippen LogP contribution in [0, 0.1) is 5.92 Å². The molecular weight excluding hydrogens is 610 g/mol. The second-order valence-electron chi connectivity index (χ2n) is 8.76. The zero-order chi connectivity index (χ0) is 26.6. The largest absolute Gasteiger partial charge is 0.508 e. The van der Waals surface area contributed by atoms with E-state index in [9.17, 15) is 24.3 Å². The van der Waals surface area contributed by atoms with Gasteiger partial charge in [0.25, 0.3) is 0 Å². The Kier molecular flexibility index (Phi) is 6.50. The summed E-state index contributed by atoms with van der Waals surface area (Å²) in [5.74, 6) is -2.11. The van der Waals surface area contributed by atoms with Crippen molar-refractivity contribution < 1.29 is 19.5 Å². The normalized spacial score (nSPS) is 20.3. The van der Waals surface area contributed by atoms with Crippen LogP contribution in [0.5, 0.6) is 5.75 Å². The third-order valence-electron chi connectivity index (χ3n) is 6.44. The number of imide groups is 1. The van der Waals surface area contributed by atoms with Crippen molar-refractivity contribution in [3.8, 4) is 5.75 Å². The van der Waals surface area contributed by atoms with Crippen LogP contribution in [0.1, 0.15) is 15.7 Å². The van der Waals surface area contributed by atoms with Crippen LogP contribution in [0.25, 0.3) is 0 Å². The minimum atomic E-state index is -0.730. The predicted octanol–water partition coefficient (Wildman–Crippen LogP) is 4.87. The summed E-state index contributed by atoms with van der Waals surface area (Å²) >= 11 is 7.06. The quantitative estimate of drug-likeness (QED) is 0.241. The van der Waals surface area contributed by atoms with Crippen LogP contribution in [0.3, 0.4) is 0 Å². The molecule has 1 saturated heterocycles. The molecule has 2 aliphatic rings. The van der Waals surface area contributed by atoms with E-state index in [1.54, 1.807) is 36.4 Å². The minimum absolute atomic E-state index is 0.0738. The molecule has 3 atom stereocenters. The van der Waals surface area contributed by atoms with Gasteiger partial charge < -0.3 is 10.4 Å². The van der Waals surface area contributed by atoms with Crippen LogP contribution < -0.4 is 15.1 Å². The number of benzene rings is 2. The van der Waals surface area contributed by atoms with E-state index >= 15 is 0 Å². The van der Waals surface area contributed by atoms with Gasteiger partial charge in [0.2, 0.25) is 17.7 Å². The van der Waals surface area contributed by atoms with Gasteiger partial charge in [0.1, 0.15) is 17.5 Å². The van der Waals surface area contributed by atoms with Gasteiger partial charge in [-0.25, -0.2) is 4.90 Å². The van der Waals surface area contributed by atoms with Gasteiger partial charge in [0.05, 0.1) is 16.6 Å². The number of thioether (sulfide) groups is 1. The molecule has 1 fully saturated rings. The van der Waals surface area contributed by atoms with Gasteiger partial charge in [-0.2, -0.15) is 0 Å². The number of thiophene rings is 1. The van der Waals surface area contributed by atoms with Gasteiger partial charge in [-0.3, -0.25) is 23.7 Å². The zero-order valence-corrected chi connectivity index (χ0v) is 23.4. The number of aromatic hydroxyl groups is 1. The summed E-state index contributed by atoms with van der Waals surface area (Å²) in [5, 5.41) is 13.9. The Hall–Kier alpha value is -3.19. The number of anilines is 2. The molecule has 0 spiro atoms. The van der Waals surface area contributed by atoms with Crippen LogP contribution in [0.4, 0.5) is 11.4 Å². The highest BCUT2D eigenvalue weighted by Crippen LogP contribution is 2.54. The summed E-state index contributed by atoms with van der Waals surface area (Å²) in [4.78, 5) is 55.9. The van der Waals surface area contributed by atoms with Gasteiger partial charge in [-0.1, -0.05) is 45.1 Å². The number of phenolic OH excluding ortho intramolecular Hbond substituents is 1. The first-order valence-corrected chi connectivity index (χ1v) is 14.8. The van der Waals surface area contributed by atoms with E-state index in [4.69, 9.17) is 0 Å². The zero-order valence-electron chi connectivity index (χ0n) is 19.4. The average Bonchev–Trinajstić information content (AvgIpc) is 3.59. The van der Waals surface area contributed by atoms with E-state index in [1.165, 1.54) is 44.7 Å². The first-order chi connectivity index (χ1) is 18.3. The van der Waals surface area contributed by atoms with Crippen molar-refractivity contribution in [2.45, 2.75) is 22.7 Å². The lowest BCUT2D eigenvalue weighted by Crippen LogP contribution is -2.32. The molecule has 2 aromatic heterocycles. The number of fused-ring (bicyclic) bond motifs is 2. The minimum Gasteiger partial charge on any atom is -0.508 e. The van der Waals surface area contributed by atoms with Gasteiger partial charge in [0.15, 0.2) is 0 Å². The lowest BCUT2D eigenvalue weighted by molar-refractivity contribution is -0.122. The number of thiazole rings is 1. The van der Waals surface area contributed by atoms with Gasteiger partial charge >= 0.3 is 4.87 Å². The second kappa shape index (κ2) is 9.84. The second-order valence-corrected chi connectivity index (χ2v) is 12.8. The highest BCUT2D eigenvalue weighted by molar-refractivity contribution is 9.10. The number of halogens is 1. The van der Waals surface area contributed by atoms with Gasteiger partial charge in [-0.15, -0.1) is 11.3 Å².